The van der Waals surface area contributed by atoms with Crippen LogP contribution in [0.2, 0.25) is 0 Å². The molecule has 8 nitrogen and oxygen atoms in total. The predicted molar refractivity (Wildman–Crippen MR) is 106 cm³/mol. The first-order valence-corrected chi connectivity index (χ1v) is 9.48. The van der Waals surface area contributed by atoms with Crippen molar-refractivity contribution in [3.63, 3.8) is 0 Å². The van der Waals surface area contributed by atoms with Gasteiger partial charge in [-0.15, -0.1) is 10.2 Å². The summed E-state index contributed by atoms with van der Waals surface area (Å²) in [6, 6.07) is 6.61. The molecule has 160 valence electrons. The third-order valence-electron chi connectivity index (χ3n) is 4.15. The highest BCUT2D eigenvalue weighted by atomic mass is 19.3. The van der Waals surface area contributed by atoms with Gasteiger partial charge in [0.05, 0.1) is 13.1 Å². The van der Waals surface area contributed by atoms with E-state index in [2.05, 4.69) is 30.6 Å². The van der Waals surface area contributed by atoms with Crippen LogP contribution in [-0.2, 0) is 24.9 Å². The Morgan fingerprint density at radius 1 is 1.24 bits per heavy atom. The van der Waals surface area contributed by atoms with Crippen LogP contribution in [0.25, 0.3) is 0 Å². The van der Waals surface area contributed by atoms with Crippen molar-refractivity contribution in [1.29, 1.82) is 0 Å². The molecule has 0 spiro atoms. The number of guanidine groups is 1. The molecule has 29 heavy (non-hydrogen) atoms. The summed E-state index contributed by atoms with van der Waals surface area (Å²) in [6.07, 6.45) is 0.808. The molecule has 1 aromatic heterocycles. The largest absolute Gasteiger partial charge is 0.434 e. The molecule has 0 saturated carbocycles. The summed E-state index contributed by atoms with van der Waals surface area (Å²) in [5.41, 5.74) is 0.567. The Bertz CT molecular complexity index is 782. The number of rotatable bonds is 11. The smallest absolute Gasteiger partial charge is 0.387 e. The lowest BCUT2D eigenvalue weighted by molar-refractivity contribution is -0.0504. The number of halogens is 2. The second-order valence-corrected chi connectivity index (χ2v) is 6.20. The van der Waals surface area contributed by atoms with E-state index in [1.54, 1.807) is 18.2 Å². The van der Waals surface area contributed by atoms with Crippen molar-refractivity contribution in [1.82, 2.24) is 25.4 Å². The summed E-state index contributed by atoms with van der Waals surface area (Å²) in [5, 5.41) is 14.6. The van der Waals surface area contributed by atoms with E-state index < -0.39 is 6.61 Å². The molecule has 2 N–H and O–H groups in total. The van der Waals surface area contributed by atoms with Gasteiger partial charge in [0.2, 0.25) is 0 Å². The first-order chi connectivity index (χ1) is 14.0. The molecule has 0 atom stereocenters. The van der Waals surface area contributed by atoms with Gasteiger partial charge >= 0.3 is 6.61 Å². The molecule has 2 aromatic rings. The molecule has 0 saturated heterocycles. The summed E-state index contributed by atoms with van der Waals surface area (Å²) in [6.45, 7) is 3.51. The highest BCUT2D eigenvalue weighted by molar-refractivity contribution is 5.79. The van der Waals surface area contributed by atoms with Crippen molar-refractivity contribution in [3.05, 3.63) is 41.5 Å². The normalized spacial score (nSPS) is 11.7. The first-order valence-electron chi connectivity index (χ1n) is 9.48. The molecule has 0 bridgehead atoms. The molecule has 1 aromatic carbocycles. The molecule has 0 aliphatic carbocycles. The van der Waals surface area contributed by atoms with Crippen molar-refractivity contribution in [2.75, 3.05) is 19.8 Å². The number of hydrogen-bond donors (Lipinski definition) is 2. The zero-order chi connectivity index (χ0) is 21.1. The molecular formula is C19H28F2N6O2. The standard InChI is InChI=1S/C19H28F2N6O2/c1-4-28-11-7-10-22-19(24-13-17-26-25-14(2)27(17)3)23-12-15-8-5-6-9-16(15)29-18(20)21/h5-6,8-9,18H,4,7,10-13H2,1-3H3,(H2,22,23,24). The van der Waals surface area contributed by atoms with Gasteiger partial charge in [-0.2, -0.15) is 8.78 Å². The Balaban J connectivity index is 2.04. The lowest BCUT2D eigenvalue weighted by Gasteiger charge is -2.13. The van der Waals surface area contributed by atoms with Gasteiger partial charge in [0.1, 0.15) is 11.6 Å². The average molecular weight is 410 g/mol. The first kappa shape index (κ1) is 22.5. The summed E-state index contributed by atoms with van der Waals surface area (Å²) in [7, 11) is 1.89. The van der Waals surface area contributed by atoms with Crippen LogP contribution in [0.1, 0.15) is 30.6 Å². The predicted octanol–water partition coefficient (Wildman–Crippen LogP) is 2.39. The Kier molecular flexibility index (Phi) is 9.29. The quantitative estimate of drug-likeness (QED) is 0.336. The SMILES string of the molecule is CCOCCCNC(=NCc1ccccc1OC(F)F)NCc1nnc(C)n1C. The van der Waals surface area contributed by atoms with Gasteiger partial charge < -0.3 is 24.7 Å². The van der Waals surface area contributed by atoms with Crippen molar-refractivity contribution in [3.8, 4) is 5.75 Å². The van der Waals surface area contributed by atoms with Crippen molar-refractivity contribution >= 4 is 5.96 Å². The minimum atomic E-state index is -2.88. The van der Waals surface area contributed by atoms with E-state index in [9.17, 15) is 8.78 Å². The zero-order valence-corrected chi connectivity index (χ0v) is 17.0. The van der Waals surface area contributed by atoms with Crippen LogP contribution in [0.5, 0.6) is 5.75 Å². The number of nitrogens with zero attached hydrogens (tertiary/aromatic N) is 4. The van der Waals surface area contributed by atoms with E-state index in [1.807, 2.05) is 25.5 Å². The van der Waals surface area contributed by atoms with Crippen LogP contribution in [0.3, 0.4) is 0 Å². The summed E-state index contributed by atoms with van der Waals surface area (Å²) < 4.78 is 37.0. The third-order valence-corrected chi connectivity index (χ3v) is 4.15. The fourth-order valence-electron chi connectivity index (χ4n) is 2.48. The summed E-state index contributed by atoms with van der Waals surface area (Å²) in [5.74, 6) is 2.22. The monoisotopic (exact) mass is 410 g/mol. The van der Waals surface area contributed by atoms with Gasteiger partial charge in [0.25, 0.3) is 0 Å². The molecule has 10 heteroatoms. The van der Waals surface area contributed by atoms with Crippen LogP contribution in [-0.4, -0.2) is 47.1 Å². The van der Waals surface area contributed by atoms with Gasteiger partial charge in [0.15, 0.2) is 11.8 Å². The second-order valence-electron chi connectivity index (χ2n) is 6.20. The molecular weight excluding hydrogens is 382 g/mol. The van der Waals surface area contributed by atoms with Crippen molar-refractivity contribution in [2.45, 2.75) is 40.0 Å². The number of aliphatic imine (C=N–C) groups is 1. The van der Waals surface area contributed by atoms with E-state index in [0.717, 1.165) is 18.1 Å². The highest BCUT2D eigenvalue weighted by Gasteiger charge is 2.10. The molecule has 0 fully saturated rings. The minimum absolute atomic E-state index is 0.117. The molecule has 0 radical (unpaired) electrons. The van der Waals surface area contributed by atoms with Crippen LogP contribution < -0.4 is 15.4 Å². The number of nitrogens with one attached hydrogen (secondary N) is 2. The summed E-state index contributed by atoms with van der Waals surface area (Å²) >= 11 is 0. The van der Waals surface area contributed by atoms with Crippen molar-refractivity contribution in [2.24, 2.45) is 12.0 Å². The second kappa shape index (κ2) is 11.9. The maximum Gasteiger partial charge on any atom is 0.387 e. The number of benzene rings is 1. The van der Waals surface area contributed by atoms with Gasteiger partial charge in [-0.25, -0.2) is 4.99 Å². The van der Waals surface area contributed by atoms with Gasteiger partial charge in [-0.05, 0) is 26.3 Å². The van der Waals surface area contributed by atoms with Crippen LogP contribution in [0.15, 0.2) is 29.3 Å². The lowest BCUT2D eigenvalue weighted by Crippen LogP contribution is -2.38. The fraction of sp³-hybridized carbons (Fsp3) is 0.526. The topological polar surface area (TPSA) is 85.6 Å². The molecule has 0 amide bonds. The van der Waals surface area contributed by atoms with Crippen LogP contribution in [0.4, 0.5) is 8.78 Å². The van der Waals surface area contributed by atoms with Gasteiger partial charge in [0, 0.05) is 32.4 Å². The lowest BCUT2D eigenvalue weighted by atomic mass is 10.2. The maximum absolute atomic E-state index is 12.6. The minimum Gasteiger partial charge on any atom is -0.434 e. The van der Waals surface area contributed by atoms with Gasteiger partial charge in [-0.1, -0.05) is 18.2 Å². The Labute approximate surface area is 169 Å². The Morgan fingerprint density at radius 3 is 2.72 bits per heavy atom. The highest BCUT2D eigenvalue weighted by Crippen LogP contribution is 2.20. The van der Waals surface area contributed by atoms with Crippen LogP contribution in [0, 0.1) is 6.92 Å². The number of alkyl halides is 2. The fourth-order valence-corrected chi connectivity index (χ4v) is 2.48. The van der Waals surface area contributed by atoms with Gasteiger partial charge in [-0.3, -0.25) is 0 Å². The number of aromatic nitrogens is 3. The number of hydrogen-bond acceptors (Lipinski definition) is 5. The van der Waals surface area contributed by atoms with E-state index in [4.69, 9.17) is 4.74 Å². The molecule has 0 aliphatic rings. The Hall–Kier alpha value is -2.75. The molecule has 0 unspecified atom stereocenters. The Morgan fingerprint density at radius 2 is 2.03 bits per heavy atom. The van der Waals surface area contributed by atoms with E-state index >= 15 is 0 Å². The maximum atomic E-state index is 12.6. The van der Waals surface area contributed by atoms with E-state index in [-0.39, 0.29) is 12.3 Å². The zero-order valence-electron chi connectivity index (χ0n) is 17.0. The average Bonchev–Trinajstić information content (AvgIpc) is 3.02. The van der Waals surface area contributed by atoms with Crippen molar-refractivity contribution < 1.29 is 18.3 Å². The molecule has 2 rings (SSSR count). The number of ether oxygens (including phenoxy) is 2. The van der Waals surface area contributed by atoms with E-state index in [1.165, 1.54) is 6.07 Å². The molecule has 0 aliphatic heterocycles. The summed E-state index contributed by atoms with van der Waals surface area (Å²) in [4.78, 5) is 4.50. The number of aryl methyl sites for hydroxylation is 1. The van der Waals surface area contributed by atoms with E-state index in [0.29, 0.717) is 37.8 Å². The third kappa shape index (κ3) is 7.65. The van der Waals surface area contributed by atoms with Crippen LogP contribution >= 0.6 is 0 Å². The number of para-hydroxylation sites is 1. The molecule has 1 heterocycles.